The maximum Gasteiger partial charge on any atom is 0.267 e. The molecule has 1 heterocycles. The van der Waals surface area contributed by atoms with Crippen LogP contribution in [0.3, 0.4) is 0 Å². The summed E-state index contributed by atoms with van der Waals surface area (Å²) in [6, 6.07) is 1.32. The van der Waals surface area contributed by atoms with Crippen molar-refractivity contribution in [2.45, 2.75) is 45.1 Å². The second-order valence-corrected chi connectivity index (χ2v) is 7.48. The molecule has 0 saturated heterocycles. The molecule has 0 bridgehead atoms. The van der Waals surface area contributed by atoms with Gasteiger partial charge in [-0.1, -0.05) is 27.2 Å². The molecule has 7 heteroatoms. The minimum absolute atomic E-state index is 0.0405. The summed E-state index contributed by atoms with van der Waals surface area (Å²) in [4.78, 5) is 12.1. The van der Waals surface area contributed by atoms with Gasteiger partial charge in [0.1, 0.15) is 10.6 Å². The van der Waals surface area contributed by atoms with Crippen LogP contribution in [0.2, 0.25) is 0 Å². The van der Waals surface area contributed by atoms with Gasteiger partial charge >= 0.3 is 0 Å². The second-order valence-electron chi connectivity index (χ2n) is 4.92. The first-order chi connectivity index (χ1) is 9.29. The van der Waals surface area contributed by atoms with Crippen molar-refractivity contribution < 1.29 is 13.2 Å². The zero-order chi connectivity index (χ0) is 15.3. The monoisotopic (exact) mass is 320 g/mol. The van der Waals surface area contributed by atoms with Crippen LogP contribution in [0.4, 0.5) is 0 Å². The summed E-state index contributed by atoms with van der Waals surface area (Å²) in [5.74, 6) is 0.107. The van der Waals surface area contributed by atoms with Crippen molar-refractivity contribution in [2.75, 3.05) is 6.54 Å². The van der Waals surface area contributed by atoms with Crippen LogP contribution >= 0.6 is 10.7 Å². The molecular weight excluding hydrogens is 300 g/mol. The number of amides is 1. The molecule has 1 rings (SSSR count). The molecule has 5 nitrogen and oxygen atoms in total. The van der Waals surface area contributed by atoms with Gasteiger partial charge in [-0.25, -0.2) is 8.42 Å². The van der Waals surface area contributed by atoms with E-state index in [1.165, 1.54) is 12.3 Å². The Morgan fingerprint density at radius 3 is 2.60 bits per heavy atom. The molecule has 0 aromatic carbocycles. The highest BCUT2D eigenvalue weighted by Crippen LogP contribution is 2.19. The number of nitrogens with one attached hydrogen (secondary N) is 1. The molecule has 1 amide bonds. The van der Waals surface area contributed by atoms with Crippen LogP contribution in [0.5, 0.6) is 0 Å². The third kappa shape index (κ3) is 4.52. The van der Waals surface area contributed by atoms with E-state index in [1.807, 2.05) is 13.8 Å². The summed E-state index contributed by atoms with van der Waals surface area (Å²) < 4.78 is 24.3. The van der Waals surface area contributed by atoms with Crippen molar-refractivity contribution >= 4 is 25.6 Å². The first-order valence-corrected chi connectivity index (χ1v) is 9.03. The zero-order valence-corrected chi connectivity index (χ0v) is 13.6. The zero-order valence-electron chi connectivity index (χ0n) is 12.0. The van der Waals surface area contributed by atoms with Gasteiger partial charge in [-0.15, -0.1) is 0 Å². The van der Waals surface area contributed by atoms with Crippen LogP contribution in [-0.4, -0.2) is 25.4 Å². The molecule has 0 aliphatic rings. The highest BCUT2D eigenvalue weighted by atomic mass is 35.7. The molecule has 0 aliphatic carbocycles. The maximum atomic E-state index is 12.1. The SMILES string of the molecule is CCCn1cc(S(=O)(=O)Cl)cc1C(=O)NCC(C)CC. The Balaban J connectivity index is 2.97. The number of hydrogen-bond acceptors (Lipinski definition) is 3. The third-order valence-corrected chi connectivity index (χ3v) is 4.48. The lowest BCUT2D eigenvalue weighted by Gasteiger charge is -2.11. The number of carbonyl (C=O) groups excluding carboxylic acids is 1. The molecule has 0 fully saturated rings. The van der Waals surface area contributed by atoms with E-state index in [0.717, 1.165) is 12.8 Å². The minimum atomic E-state index is -3.82. The van der Waals surface area contributed by atoms with Crippen molar-refractivity contribution in [1.29, 1.82) is 0 Å². The largest absolute Gasteiger partial charge is 0.350 e. The van der Waals surface area contributed by atoms with Crippen molar-refractivity contribution in [3.05, 3.63) is 18.0 Å². The fraction of sp³-hybridized carbons (Fsp3) is 0.615. The van der Waals surface area contributed by atoms with Crippen LogP contribution in [-0.2, 0) is 15.6 Å². The summed E-state index contributed by atoms with van der Waals surface area (Å²) >= 11 is 0. The average molecular weight is 321 g/mol. The lowest BCUT2D eigenvalue weighted by Crippen LogP contribution is -2.29. The topological polar surface area (TPSA) is 68.2 Å². The summed E-state index contributed by atoms with van der Waals surface area (Å²) in [6.07, 6.45) is 3.17. The van der Waals surface area contributed by atoms with Gasteiger partial charge in [0.25, 0.3) is 15.0 Å². The van der Waals surface area contributed by atoms with Gasteiger partial charge in [-0.2, -0.15) is 0 Å². The van der Waals surface area contributed by atoms with Crippen LogP contribution in [0.1, 0.15) is 44.1 Å². The third-order valence-electron chi connectivity index (χ3n) is 3.16. The van der Waals surface area contributed by atoms with Crippen LogP contribution in [0.15, 0.2) is 17.2 Å². The normalized spacial score (nSPS) is 13.2. The molecule has 1 aromatic heterocycles. The van der Waals surface area contributed by atoms with E-state index in [9.17, 15) is 13.2 Å². The highest BCUT2D eigenvalue weighted by Gasteiger charge is 2.19. The number of rotatable bonds is 7. The summed E-state index contributed by atoms with van der Waals surface area (Å²) in [7, 11) is 1.50. The molecule has 1 N–H and O–H groups in total. The van der Waals surface area contributed by atoms with Crippen LogP contribution in [0.25, 0.3) is 0 Å². The molecule has 1 atom stereocenters. The van der Waals surface area contributed by atoms with E-state index in [-0.39, 0.29) is 10.8 Å². The van der Waals surface area contributed by atoms with Crippen molar-refractivity contribution in [2.24, 2.45) is 5.92 Å². The van der Waals surface area contributed by atoms with E-state index in [1.54, 1.807) is 4.57 Å². The van der Waals surface area contributed by atoms with E-state index in [2.05, 4.69) is 12.2 Å². The number of nitrogens with zero attached hydrogens (tertiary/aromatic N) is 1. The summed E-state index contributed by atoms with van der Waals surface area (Å²) in [6.45, 7) is 7.18. The molecule has 0 aliphatic heterocycles. The molecular formula is C13H21ClN2O3S. The van der Waals surface area contributed by atoms with E-state index < -0.39 is 9.05 Å². The number of halogens is 1. The smallest absolute Gasteiger partial charge is 0.267 e. The van der Waals surface area contributed by atoms with Gasteiger partial charge in [0.05, 0.1) is 0 Å². The van der Waals surface area contributed by atoms with Crippen LogP contribution < -0.4 is 5.32 Å². The van der Waals surface area contributed by atoms with Crippen LogP contribution in [0, 0.1) is 5.92 Å². The van der Waals surface area contributed by atoms with Crippen molar-refractivity contribution in [1.82, 2.24) is 9.88 Å². The first-order valence-electron chi connectivity index (χ1n) is 6.72. The van der Waals surface area contributed by atoms with Gasteiger partial charge < -0.3 is 9.88 Å². The standard InChI is InChI=1S/C13H21ClN2O3S/c1-4-6-16-9-11(20(14,18)19)7-12(16)13(17)15-8-10(3)5-2/h7,9-10H,4-6,8H2,1-3H3,(H,15,17). The van der Waals surface area contributed by atoms with E-state index >= 15 is 0 Å². The lowest BCUT2D eigenvalue weighted by atomic mass is 10.1. The molecule has 1 unspecified atom stereocenters. The first kappa shape index (κ1) is 17.0. The molecule has 1 aromatic rings. The highest BCUT2D eigenvalue weighted by molar-refractivity contribution is 8.13. The predicted octanol–water partition coefficient (Wildman–Crippen LogP) is 2.60. The summed E-state index contributed by atoms with van der Waals surface area (Å²) in [5.41, 5.74) is 0.328. The minimum Gasteiger partial charge on any atom is -0.350 e. The molecule has 20 heavy (non-hydrogen) atoms. The Morgan fingerprint density at radius 2 is 2.10 bits per heavy atom. The Morgan fingerprint density at radius 1 is 1.45 bits per heavy atom. The van der Waals surface area contributed by atoms with E-state index in [0.29, 0.717) is 24.7 Å². The summed E-state index contributed by atoms with van der Waals surface area (Å²) in [5, 5.41) is 2.82. The van der Waals surface area contributed by atoms with E-state index in [4.69, 9.17) is 10.7 Å². The van der Waals surface area contributed by atoms with Gasteiger partial charge in [-0.3, -0.25) is 4.79 Å². The van der Waals surface area contributed by atoms with Gasteiger partial charge in [-0.05, 0) is 18.4 Å². The Hall–Kier alpha value is -1.01. The number of aromatic nitrogens is 1. The Bertz CT molecular complexity index is 566. The maximum absolute atomic E-state index is 12.1. The van der Waals surface area contributed by atoms with Gasteiger partial charge in [0.15, 0.2) is 0 Å². The molecule has 0 saturated carbocycles. The second kappa shape index (κ2) is 7.13. The predicted molar refractivity (Wildman–Crippen MR) is 79.6 cm³/mol. The van der Waals surface area contributed by atoms with Crippen molar-refractivity contribution in [3.8, 4) is 0 Å². The Kier molecular flexibility index (Phi) is 6.07. The molecule has 114 valence electrons. The molecule has 0 radical (unpaired) electrons. The Labute approximate surface area is 124 Å². The molecule has 0 spiro atoms. The van der Waals surface area contributed by atoms with Crippen molar-refractivity contribution in [3.63, 3.8) is 0 Å². The fourth-order valence-electron chi connectivity index (χ4n) is 1.74. The average Bonchev–Trinajstić information content (AvgIpc) is 2.80. The van der Waals surface area contributed by atoms with Gasteiger partial charge in [0.2, 0.25) is 0 Å². The lowest BCUT2D eigenvalue weighted by molar-refractivity contribution is 0.0938. The van der Waals surface area contributed by atoms with Gasteiger partial charge in [0, 0.05) is 30.0 Å². The number of aryl methyl sites for hydroxylation is 1. The quantitative estimate of drug-likeness (QED) is 0.785. The fourth-order valence-corrected chi connectivity index (χ4v) is 2.49. The number of hydrogen-bond donors (Lipinski definition) is 1. The number of carbonyl (C=O) groups is 1.